The zero-order chi connectivity index (χ0) is 12.6. The highest BCUT2D eigenvalue weighted by molar-refractivity contribution is 6.02. The topological polar surface area (TPSA) is 63.6 Å². The van der Waals surface area contributed by atoms with Gasteiger partial charge in [0.25, 0.3) is 0 Å². The van der Waals surface area contributed by atoms with Crippen molar-refractivity contribution >= 4 is 11.8 Å². The van der Waals surface area contributed by atoms with Gasteiger partial charge in [-0.15, -0.1) is 0 Å². The van der Waals surface area contributed by atoms with E-state index in [0.717, 1.165) is 6.07 Å². The SMILES string of the molecule is COc1ccc(C(=O)C2CC2C(=O)O)cc1F. The molecule has 0 aromatic heterocycles. The second-order valence-electron chi connectivity index (χ2n) is 4.00. The van der Waals surface area contributed by atoms with E-state index in [1.807, 2.05) is 0 Å². The van der Waals surface area contributed by atoms with E-state index in [9.17, 15) is 14.0 Å². The van der Waals surface area contributed by atoms with Gasteiger partial charge in [0.05, 0.1) is 13.0 Å². The van der Waals surface area contributed by atoms with Crippen LogP contribution in [0.25, 0.3) is 0 Å². The minimum absolute atomic E-state index is 0.0622. The van der Waals surface area contributed by atoms with Gasteiger partial charge in [0.2, 0.25) is 0 Å². The molecule has 1 aromatic carbocycles. The Kier molecular flexibility index (Phi) is 2.83. The number of carbonyl (C=O) groups is 2. The van der Waals surface area contributed by atoms with E-state index in [1.54, 1.807) is 0 Å². The van der Waals surface area contributed by atoms with Gasteiger partial charge >= 0.3 is 5.97 Å². The number of carboxylic acids is 1. The molecule has 2 unspecified atom stereocenters. The summed E-state index contributed by atoms with van der Waals surface area (Å²) in [6.45, 7) is 0. The Bertz CT molecular complexity index is 483. The number of ether oxygens (including phenoxy) is 1. The van der Waals surface area contributed by atoms with Gasteiger partial charge in [0, 0.05) is 11.5 Å². The lowest BCUT2D eigenvalue weighted by Crippen LogP contribution is -2.08. The third-order valence-corrected chi connectivity index (χ3v) is 2.88. The first kappa shape index (κ1) is 11.6. The molecule has 1 aliphatic rings. The summed E-state index contributed by atoms with van der Waals surface area (Å²) in [5.74, 6) is -2.98. The lowest BCUT2D eigenvalue weighted by molar-refractivity contribution is -0.138. The Hall–Kier alpha value is -1.91. The Morgan fingerprint density at radius 1 is 1.41 bits per heavy atom. The number of benzene rings is 1. The number of rotatable bonds is 4. The van der Waals surface area contributed by atoms with Gasteiger partial charge in [0.15, 0.2) is 17.3 Å². The van der Waals surface area contributed by atoms with Crippen molar-refractivity contribution in [1.29, 1.82) is 0 Å². The lowest BCUT2D eigenvalue weighted by Gasteiger charge is -2.04. The fraction of sp³-hybridized carbons (Fsp3) is 0.333. The van der Waals surface area contributed by atoms with Crippen LogP contribution in [0.3, 0.4) is 0 Å². The van der Waals surface area contributed by atoms with Crippen LogP contribution >= 0.6 is 0 Å². The van der Waals surface area contributed by atoms with E-state index in [4.69, 9.17) is 9.84 Å². The van der Waals surface area contributed by atoms with Crippen LogP contribution < -0.4 is 4.74 Å². The molecule has 4 nitrogen and oxygen atoms in total. The summed E-state index contributed by atoms with van der Waals surface area (Å²) in [6, 6.07) is 3.89. The first-order chi connectivity index (χ1) is 8.04. The highest BCUT2D eigenvalue weighted by Gasteiger charge is 2.48. The number of halogens is 1. The smallest absolute Gasteiger partial charge is 0.307 e. The van der Waals surface area contributed by atoms with Crippen molar-refractivity contribution in [2.75, 3.05) is 7.11 Å². The Balaban J connectivity index is 2.16. The van der Waals surface area contributed by atoms with Gasteiger partial charge in [-0.25, -0.2) is 4.39 Å². The van der Waals surface area contributed by atoms with Crippen molar-refractivity contribution < 1.29 is 23.8 Å². The van der Waals surface area contributed by atoms with E-state index in [0.29, 0.717) is 6.42 Å². The van der Waals surface area contributed by atoms with Gasteiger partial charge in [-0.05, 0) is 24.6 Å². The molecular weight excluding hydrogens is 227 g/mol. The number of methoxy groups -OCH3 is 1. The summed E-state index contributed by atoms with van der Waals surface area (Å²) < 4.78 is 18.1. The molecule has 1 N–H and O–H groups in total. The number of carboxylic acid groups (broad SMARTS) is 1. The van der Waals surface area contributed by atoms with Crippen molar-refractivity contribution in [2.24, 2.45) is 11.8 Å². The summed E-state index contributed by atoms with van der Waals surface area (Å²) in [4.78, 5) is 22.4. The van der Waals surface area contributed by atoms with Crippen molar-refractivity contribution in [3.63, 3.8) is 0 Å². The average molecular weight is 238 g/mol. The van der Waals surface area contributed by atoms with E-state index in [1.165, 1.54) is 19.2 Å². The molecule has 2 rings (SSSR count). The molecule has 0 spiro atoms. The third kappa shape index (κ3) is 2.13. The zero-order valence-corrected chi connectivity index (χ0v) is 9.14. The number of Topliss-reactive ketones (excluding diaryl/α,β-unsaturated/α-hetero) is 1. The molecule has 0 saturated heterocycles. The molecule has 5 heteroatoms. The molecule has 90 valence electrons. The minimum atomic E-state index is -0.975. The van der Waals surface area contributed by atoms with Crippen LogP contribution in [0, 0.1) is 17.7 Å². The van der Waals surface area contributed by atoms with Crippen LogP contribution in [0.5, 0.6) is 5.75 Å². The van der Waals surface area contributed by atoms with Gasteiger partial charge in [-0.1, -0.05) is 0 Å². The maximum absolute atomic E-state index is 13.4. The van der Waals surface area contributed by atoms with E-state index in [-0.39, 0.29) is 17.1 Å². The van der Waals surface area contributed by atoms with Crippen LogP contribution in [-0.2, 0) is 4.79 Å². The molecule has 17 heavy (non-hydrogen) atoms. The molecule has 1 aliphatic carbocycles. The minimum Gasteiger partial charge on any atom is -0.494 e. The Labute approximate surface area is 97.0 Å². The molecule has 0 bridgehead atoms. The van der Waals surface area contributed by atoms with E-state index in [2.05, 4.69) is 0 Å². The van der Waals surface area contributed by atoms with Gasteiger partial charge in [-0.3, -0.25) is 9.59 Å². The molecule has 1 aromatic rings. The molecule has 0 amide bonds. The summed E-state index contributed by atoms with van der Waals surface area (Å²) in [5.41, 5.74) is 0.192. The largest absolute Gasteiger partial charge is 0.494 e. The number of aliphatic carboxylic acids is 1. The van der Waals surface area contributed by atoms with Crippen molar-refractivity contribution in [2.45, 2.75) is 6.42 Å². The number of hydrogen-bond acceptors (Lipinski definition) is 3. The molecular formula is C12H11FO4. The maximum Gasteiger partial charge on any atom is 0.307 e. The van der Waals surface area contributed by atoms with Crippen molar-refractivity contribution in [3.8, 4) is 5.75 Å². The summed E-state index contributed by atoms with van der Waals surface area (Å²) in [6.07, 6.45) is 0.335. The number of hydrogen-bond donors (Lipinski definition) is 1. The maximum atomic E-state index is 13.4. The standard InChI is InChI=1S/C12H11FO4/c1-17-10-3-2-6(4-9(10)13)11(14)7-5-8(7)12(15)16/h2-4,7-8H,5H2,1H3,(H,15,16). The quantitative estimate of drug-likeness (QED) is 0.811. The van der Waals surface area contributed by atoms with Gasteiger partial charge in [0.1, 0.15) is 0 Å². The first-order valence-electron chi connectivity index (χ1n) is 5.15. The van der Waals surface area contributed by atoms with Crippen LogP contribution in [0.1, 0.15) is 16.8 Å². The van der Waals surface area contributed by atoms with Crippen LogP contribution in [-0.4, -0.2) is 24.0 Å². The Morgan fingerprint density at radius 2 is 2.12 bits per heavy atom. The predicted octanol–water partition coefficient (Wildman–Crippen LogP) is 1.74. The fourth-order valence-corrected chi connectivity index (χ4v) is 1.79. The second kappa shape index (κ2) is 4.16. The van der Waals surface area contributed by atoms with Gasteiger partial charge in [-0.2, -0.15) is 0 Å². The number of carbonyl (C=O) groups excluding carboxylic acids is 1. The normalized spacial score (nSPS) is 22.0. The number of ketones is 1. The van der Waals surface area contributed by atoms with Gasteiger partial charge < -0.3 is 9.84 Å². The molecule has 1 saturated carbocycles. The molecule has 1 fully saturated rings. The molecule has 0 radical (unpaired) electrons. The monoisotopic (exact) mass is 238 g/mol. The van der Waals surface area contributed by atoms with Crippen molar-refractivity contribution in [1.82, 2.24) is 0 Å². The van der Waals surface area contributed by atoms with Crippen LogP contribution in [0.2, 0.25) is 0 Å². The van der Waals surface area contributed by atoms with Crippen molar-refractivity contribution in [3.05, 3.63) is 29.6 Å². The molecule has 2 atom stereocenters. The average Bonchev–Trinajstić information content (AvgIpc) is 3.08. The summed E-state index contributed by atoms with van der Waals surface area (Å²) in [5, 5.41) is 8.71. The molecule has 0 heterocycles. The van der Waals surface area contributed by atoms with Crippen LogP contribution in [0.4, 0.5) is 4.39 Å². The zero-order valence-electron chi connectivity index (χ0n) is 9.14. The second-order valence-corrected chi connectivity index (χ2v) is 4.00. The highest BCUT2D eigenvalue weighted by Crippen LogP contribution is 2.41. The fourth-order valence-electron chi connectivity index (χ4n) is 1.79. The predicted molar refractivity (Wildman–Crippen MR) is 56.5 cm³/mol. The molecule has 0 aliphatic heterocycles. The summed E-state index contributed by atoms with van der Waals surface area (Å²) >= 11 is 0. The third-order valence-electron chi connectivity index (χ3n) is 2.88. The first-order valence-corrected chi connectivity index (χ1v) is 5.15. The van der Waals surface area contributed by atoms with E-state index >= 15 is 0 Å². The van der Waals surface area contributed by atoms with Crippen LogP contribution in [0.15, 0.2) is 18.2 Å². The Morgan fingerprint density at radius 3 is 2.59 bits per heavy atom. The highest BCUT2D eigenvalue weighted by atomic mass is 19.1. The lowest BCUT2D eigenvalue weighted by atomic mass is 10.1. The summed E-state index contributed by atoms with van der Waals surface area (Å²) in [7, 11) is 1.33. The van der Waals surface area contributed by atoms with E-state index < -0.39 is 23.6 Å².